The van der Waals surface area contributed by atoms with Crippen LogP contribution in [0.4, 0.5) is 0 Å². The number of benzene rings is 4. The number of methoxy groups -OCH3 is 5. The van der Waals surface area contributed by atoms with Crippen LogP contribution < -0.4 is 23.7 Å². The summed E-state index contributed by atoms with van der Waals surface area (Å²) in [4.78, 5) is 25.7. The van der Waals surface area contributed by atoms with Crippen molar-refractivity contribution < 1.29 is 51.7 Å². The molecule has 350 valence electrons. The number of hydrogen-bond donors (Lipinski definition) is 0. The summed E-state index contributed by atoms with van der Waals surface area (Å²) in [6.07, 6.45) is 7.11. The van der Waals surface area contributed by atoms with Gasteiger partial charge in [-0.1, -0.05) is 30.3 Å². The minimum atomic E-state index is -0.568. The Kier molecular flexibility index (Phi) is 16.0. The molecular formula is C54H72N2O9+2. The van der Waals surface area contributed by atoms with Gasteiger partial charge >= 0.3 is 11.9 Å². The average Bonchev–Trinajstić information content (AvgIpc) is 3.29. The van der Waals surface area contributed by atoms with Crippen LogP contribution in [0.2, 0.25) is 0 Å². The van der Waals surface area contributed by atoms with Crippen molar-refractivity contribution in [3.63, 3.8) is 0 Å². The second-order valence-corrected chi connectivity index (χ2v) is 18.6. The van der Waals surface area contributed by atoms with Gasteiger partial charge in [0, 0.05) is 56.2 Å². The van der Waals surface area contributed by atoms with Gasteiger partial charge < -0.3 is 42.1 Å². The molecule has 0 aromatic heterocycles. The molecule has 2 aliphatic heterocycles. The minimum Gasteiger partial charge on any atom is -0.496 e. The maximum atomic E-state index is 12.8. The molecule has 11 heteroatoms. The summed E-state index contributed by atoms with van der Waals surface area (Å²) in [5.41, 5.74) is 13.6. The third-order valence-electron chi connectivity index (χ3n) is 14.4. The van der Waals surface area contributed by atoms with Crippen LogP contribution in [0.15, 0.2) is 60.7 Å². The first-order valence-electron chi connectivity index (χ1n) is 23.0. The Morgan fingerprint density at radius 2 is 1.12 bits per heavy atom. The summed E-state index contributed by atoms with van der Waals surface area (Å²) < 4.78 is 41.7. The molecule has 0 aliphatic carbocycles. The van der Waals surface area contributed by atoms with Gasteiger partial charge in [0.25, 0.3) is 0 Å². The number of aryl methyl sites for hydroxylation is 4. The first-order valence-corrected chi connectivity index (χ1v) is 23.0. The van der Waals surface area contributed by atoms with E-state index in [4.69, 9.17) is 33.2 Å². The molecule has 0 radical (unpaired) electrons. The number of ether oxygens (including phenoxy) is 7. The first-order chi connectivity index (χ1) is 31.1. The normalized spacial score (nSPS) is 20.1. The number of carbonyl (C=O) groups is 2. The predicted molar refractivity (Wildman–Crippen MR) is 255 cm³/mol. The van der Waals surface area contributed by atoms with Crippen LogP contribution >= 0.6 is 0 Å². The van der Waals surface area contributed by atoms with Gasteiger partial charge in [-0.15, -0.1) is 0 Å². The highest BCUT2D eigenvalue weighted by atomic mass is 16.5. The van der Waals surface area contributed by atoms with E-state index in [2.05, 4.69) is 90.3 Å². The Bertz CT molecular complexity index is 2390. The first kappa shape index (κ1) is 48.9. The summed E-state index contributed by atoms with van der Waals surface area (Å²) in [5, 5.41) is 0. The number of likely N-dealkylation sites (N-methyl/N-ethyl adjacent to an activating group) is 2. The molecule has 0 N–H and O–H groups in total. The second kappa shape index (κ2) is 21.2. The van der Waals surface area contributed by atoms with Gasteiger partial charge in [0.2, 0.25) is 0 Å². The van der Waals surface area contributed by atoms with Crippen molar-refractivity contribution >= 4 is 11.9 Å². The van der Waals surface area contributed by atoms with Gasteiger partial charge in [-0.3, -0.25) is 0 Å². The monoisotopic (exact) mass is 893 g/mol. The van der Waals surface area contributed by atoms with Crippen molar-refractivity contribution in [3.05, 3.63) is 122 Å². The Morgan fingerprint density at radius 1 is 0.569 bits per heavy atom. The molecule has 4 aromatic carbocycles. The lowest BCUT2D eigenvalue weighted by Crippen LogP contribution is -2.53. The number of esters is 2. The molecular weight excluding hydrogens is 821 g/mol. The van der Waals surface area contributed by atoms with E-state index < -0.39 is 11.9 Å². The van der Waals surface area contributed by atoms with E-state index in [0.717, 1.165) is 89.2 Å². The zero-order chi connectivity index (χ0) is 47.1. The molecule has 2 aliphatic rings. The lowest BCUT2D eigenvalue weighted by atomic mass is 9.83. The fraction of sp³-hybridized carbons (Fsp3) is 0.481. The Morgan fingerprint density at radius 3 is 1.71 bits per heavy atom. The highest BCUT2D eigenvalue weighted by molar-refractivity contribution is 5.91. The number of rotatable bonds is 19. The summed E-state index contributed by atoms with van der Waals surface area (Å²) in [7, 11) is 13.0. The highest BCUT2D eigenvalue weighted by Crippen LogP contribution is 2.46. The van der Waals surface area contributed by atoms with Crippen molar-refractivity contribution in [1.29, 1.82) is 0 Å². The van der Waals surface area contributed by atoms with E-state index >= 15 is 0 Å². The lowest BCUT2D eigenvalue weighted by molar-refractivity contribution is -0.941. The molecule has 4 atom stereocenters. The van der Waals surface area contributed by atoms with E-state index in [9.17, 15) is 9.59 Å². The predicted octanol–water partition coefficient (Wildman–Crippen LogP) is 8.97. The number of nitrogens with zero attached hydrogens (tertiary/aromatic N) is 2. The molecule has 0 spiro atoms. The van der Waals surface area contributed by atoms with Crippen LogP contribution in [0, 0.1) is 34.6 Å². The van der Waals surface area contributed by atoms with Crippen molar-refractivity contribution in [2.24, 2.45) is 0 Å². The minimum absolute atomic E-state index is 0.0800. The van der Waals surface area contributed by atoms with Crippen molar-refractivity contribution in [1.82, 2.24) is 0 Å². The third kappa shape index (κ3) is 11.0. The van der Waals surface area contributed by atoms with Crippen LogP contribution in [-0.2, 0) is 44.7 Å². The SMILES string of the molecule is COc1cc2c(cc1OC)C(Cc1cc(C)c(OC)c(OC)c1)[N+](C)(CCCOC(=O)/C=C/C(=O)OCCC[N+]1(C)CCc3cc(C)c(C)c(OC)c3C1Cc1ccc(C)c(C)c1)CC2. The zero-order valence-electron chi connectivity index (χ0n) is 41.0. The molecule has 65 heavy (non-hydrogen) atoms. The number of carbonyl (C=O) groups excluding carboxylic acids is 2. The molecule has 11 nitrogen and oxygen atoms in total. The van der Waals surface area contributed by atoms with Crippen molar-refractivity contribution in [3.8, 4) is 28.7 Å². The highest BCUT2D eigenvalue weighted by Gasteiger charge is 2.42. The maximum absolute atomic E-state index is 12.8. The molecule has 0 saturated heterocycles. The summed E-state index contributed by atoms with van der Waals surface area (Å²) in [5.74, 6) is 2.71. The molecule has 2 heterocycles. The van der Waals surface area contributed by atoms with Gasteiger partial charge in [-0.05, 0) is 103 Å². The largest absolute Gasteiger partial charge is 0.496 e. The third-order valence-corrected chi connectivity index (χ3v) is 14.4. The Balaban J connectivity index is 1.05. The zero-order valence-corrected chi connectivity index (χ0v) is 41.0. The van der Waals surface area contributed by atoms with Crippen molar-refractivity contribution in [2.45, 2.75) is 85.2 Å². The van der Waals surface area contributed by atoms with Gasteiger partial charge in [0.1, 0.15) is 17.8 Å². The summed E-state index contributed by atoms with van der Waals surface area (Å²) >= 11 is 0. The van der Waals surface area contributed by atoms with Gasteiger partial charge in [0.15, 0.2) is 23.0 Å². The topological polar surface area (TPSA) is 98.8 Å². The van der Waals surface area contributed by atoms with Crippen LogP contribution in [-0.4, -0.2) is 110 Å². The molecule has 0 saturated carbocycles. The maximum Gasteiger partial charge on any atom is 0.331 e. The second-order valence-electron chi connectivity index (χ2n) is 18.6. The molecule has 4 unspecified atom stereocenters. The Labute approximate surface area is 387 Å². The van der Waals surface area contributed by atoms with Gasteiger partial charge in [0.05, 0.1) is 94.6 Å². The molecule has 0 fully saturated rings. The van der Waals surface area contributed by atoms with Crippen LogP contribution in [0.25, 0.3) is 0 Å². The van der Waals surface area contributed by atoms with Crippen LogP contribution in [0.1, 0.15) is 86.1 Å². The molecule has 0 amide bonds. The standard InChI is InChI=1S/C54H72N2O9/c1-35-15-16-40(27-36(35)2)30-46-52-43(29-37(3)39(5)54(52)63-12)20-24-56(46,7)22-14-26-65-51(58)18-17-50(57)64-25-13-21-55(6)23-19-42-33-47(59-8)48(60-9)34-44(42)45(55)31-41-28-38(4)53(62-11)49(32-41)61-10/h15-18,27-29,32-34,45-46H,13-14,19-26,30-31H2,1-12H3/q+2/b18-17+. The van der Waals surface area contributed by atoms with E-state index in [-0.39, 0.29) is 25.3 Å². The van der Waals surface area contributed by atoms with E-state index in [1.165, 1.54) is 62.2 Å². The molecule has 0 bridgehead atoms. The van der Waals surface area contributed by atoms with E-state index in [1.54, 1.807) is 35.5 Å². The van der Waals surface area contributed by atoms with E-state index in [1.807, 2.05) is 6.92 Å². The number of hydrogen-bond acceptors (Lipinski definition) is 9. The Hall–Kier alpha value is -5.52. The molecule has 4 aromatic rings. The molecule has 6 rings (SSSR count). The number of fused-ring (bicyclic) bond motifs is 2. The average molecular weight is 893 g/mol. The summed E-state index contributed by atoms with van der Waals surface area (Å²) in [6.45, 7) is 14.6. The van der Waals surface area contributed by atoms with Gasteiger partial charge in [-0.2, -0.15) is 0 Å². The van der Waals surface area contributed by atoms with E-state index in [0.29, 0.717) is 24.3 Å². The quantitative estimate of drug-likeness (QED) is 0.0396. The fourth-order valence-corrected chi connectivity index (χ4v) is 10.3. The number of quaternary nitrogens is 2. The van der Waals surface area contributed by atoms with Crippen LogP contribution in [0.5, 0.6) is 28.7 Å². The lowest BCUT2D eigenvalue weighted by Gasteiger charge is -2.46. The van der Waals surface area contributed by atoms with Gasteiger partial charge in [-0.25, -0.2) is 9.59 Å². The van der Waals surface area contributed by atoms with Crippen molar-refractivity contribution in [2.75, 3.05) is 89.0 Å². The smallest absolute Gasteiger partial charge is 0.331 e. The fourth-order valence-electron chi connectivity index (χ4n) is 10.3. The summed E-state index contributed by atoms with van der Waals surface area (Å²) in [6, 6.07) is 17.8. The van der Waals surface area contributed by atoms with Crippen LogP contribution in [0.3, 0.4) is 0 Å².